The molecule has 0 spiro atoms. The fourth-order valence-corrected chi connectivity index (χ4v) is 4.85. The molecule has 0 unspecified atom stereocenters. The average molecular weight is 528 g/mol. The third-order valence-electron chi connectivity index (χ3n) is 6.88. The third kappa shape index (κ3) is 6.88. The zero-order chi connectivity index (χ0) is 27.2. The van der Waals surface area contributed by atoms with E-state index in [9.17, 15) is 4.79 Å². The maximum Gasteiger partial charge on any atom is 0.410 e. The smallest absolute Gasteiger partial charge is 0.410 e. The van der Waals surface area contributed by atoms with E-state index in [1.165, 1.54) is 10.8 Å². The van der Waals surface area contributed by atoms with Crippen molar-refractivity contribution in [3.63, 3.8) is 0 Å². The Morgan fingerprint density at radius 3 is 2.54 bits per heavy atom. The van der Waals surface area contributed by atoms with Gasteiger partial charge >= 0.3 is 6.09 Å². The number of aromatic nitrogens is 2. The first kappa shape index (κ1) is 26.5. The van der Waals surface area contributed by atoms with Gasteiger partial charge in [0.25, 0.3) is 0 Å². The standard InChI is InChI=1S/C31H37N5O3/c1-31(2,3)39-30(37)36-17-13-22(14-18-36)20-38-24-11-12-26-28(19-24)34-21-35-29(26)33-16-15-32-27-10-6-8-23-7-4-5-9-25(23)27/h4-12,19,21-22,32H,13-18,20H2,1-3H3,(H,33,34,35). The molecule has 1 fully saturated rings. The van der Waals surface area contributed by atoms with Gasteiger partial charge in [0.2, 0.25) is 0 Å². The highest BCUT2D eigenvalue weighted by molar-refractivity contribution is 5.94. The fourth-order valence-electron chi connectivity index (χ4n) is 4.85. The van der Waals surface area contributed by atoms with Gasteiger partial charge in [-0.15, -0.1) is 0 Å². The molecule has 2 N–H and O–H groups in total. The predicted octanol–water partition coefficient (Wildman–Crippen LogP) is 6.33. The van der Waals surface area contributed by atoms with Gasteiger partial charge < -0.3 is 25.0 Å². The number of anilines is 2. The van der Waals surface area contributed by atoms with Crippen LogP contribution in [0.5, 0.6) is 5.75 Å². The van der Waals surface area contributed by atoms with Crippen molar-refractivity contribution in [1.29, 1.82) is 0 Å². The molecular weight excluding hydrogens is 490 g/mol. The van der Waals surface area contributed by atoms with Crippen LogP contribution in [-0.2, 0) is 4.74 Å². The van der Waals surface area contributed by atoms with Crippen LogP contribution in [0.3, 0.4) is 0 Å². The molecule has 204 valence electrons. The van der Waals surface area contributed by atoms with Crippen LogP contribution in [0.15, 0.2) is 67.0 Å². The van der Waals surface area contributed by atoms with Crippen LogP contribution in [0.2, 0.25) is 0 Å². The predicted molar refractivity (Wildman–Crippen MR) is 156 cm³/mol. The van der Waals surface area contributed by atoms with E-state index in [2.05, 4.69) is 63.1 Å². The summed E-state index contributed by atoms with van der Waals surface area (Å²) in [5, 5.41) is 10.4. The Morgan fingerprint density at radius 2 is 1.72 bits per heavy atom. The number of carbonyl (C=O) groups is 1. The van der Waals surface area contributed by atoms with E-state index in [1.54, 1.807) is 11.2 Å². The first-order valence-electron chi connectivity index (χ1n) is 13.7. The van der Waals surface area contributed by atoms with Crippen LogP contribution in [0.1, 0.15) is 33.6 Å². The van der Waals surface area contributed by atoms with Gasteiger partial charge in [0, 0.05) is 48.7 Å². The Morgan fingerprint density at radius 1 is 0.949 bits per heavy atom. The molecule has 3 aromatic carbocycles. The number of ether oxygens (including phenoxy) is 2. The highest BCUT2D eigenvalue weighted by Gasteiger charge is 2.27. The van der Waals surface area contributed by atoms with Crippen molar-refractivity contribution in [2.45, 2.75) is 39.2 Å². The fraction of sp³-hybridized carbons (Fsp3) is 0.387. The van der Waals surface area contributed by atoms with E-state index in [-0.39, 0.29) is 6.09 Å². The Balaban J connectivity index is 1.11. The van der Waals surface area contributed by atoms with E-state index in [4.69, 9.17) is 9.47 Å². The zero-order valence-electron chi connectivity index (χ0n) is 22.9. The quantitative estimate of drug-likeness (QED) is 0.259. The van der Waals surface area contributed by atoms with Gasteiger partial charge in [-0.05, 0) is 63.1 Å². The van der Waals surface area contributed by atoms with Gasteiger partial charge in [-0.1, -0.05) is 36.4 Å². The highest BCUT2D eigenvalue weighted by Crippen LogP contribution is 2.26. The van der Waals surface area contributed by atoms with Crippen molar-refractivity contribution in [3.8, 4) is 5.75 Å². The molecule has 8 heteroatoms. The summed E-state index contributed by atoms with van der Waals surface area (Å²) in [6.45, 7) is 9.15. The highest BCUT2D eigenvalue weighted by atomic mass is 16.6. The van der Waals surface area contributed by atoms with Crippen LogP contribution in [0, 0.1) is 5.92 Å². The largest absolute Gasteiger partial charge is 0.493 e. The number of nitrogens with zero attached hydrogens (tertiary/aromatic N) is 3. The molecule has 0 radical (unpaired) electrons. The molecule has 4 aromatic rings. The van der Waals surface area contributed by atoms with E-state index < -0.39 is 5.60 Å². The summed E-state index contributed by atoms with van der Waals surface area (Å²) < 4.78 is 11.6. The van der Waals surface area contributed by atoms with Crippen LogP contribution in [0.25, 0.3) is 21.7 Å². The number of amides is 1. The van der Waals surface area contributed by atoms with Crippen LogP contribution in [-0.4, -0.2) is 59.3 Å². The monoisotopic (exact) mass is 527 g/mol. The maximum atomic E-state index is 12.3. The number of piperidine rings is 1. The van der Waals surface area contributed by atoms with Gasteiger partial charge in [0.15, 0.2) is 0 Å². The SMILES string of the molecule is CC(C)(C)OC(=O)N1CCC(COc2ccc3c(NCCNc4cccc5ccccc45)ncnc3c2)CC1. The molecule has 1 aromatic heterocycles. The van der Waals surface area contributed by atoms with Crippen molar-refractivity contribution >= 4 is 39.3 Å². The van der Waals surface area contributed by atoms with Crippen molar-refractivity contribution in [2.24, 2.45) is 5.92 Å². The van der Waals surface area contributed by atoms with Crippen LogP contribution in [0.4, 0.5) is 16.3 Å². The lowest BCUT2D eigenvalue weighted by atomic mass is 9.98. The summed E-state index contributed by atoms with van der Waals surface area (Å²) in [6.07, 6.45) is 3.15. The second-order valence-electron chi connectivity index (χ2n) is 11.0. The summed E-state index contributed by atoms with van der Waals surface area (Å²) in [4.78, 5) is 23.0. The lowest BCUT2D eigenvalue weighted by molar-refractivity contribution is 0.0165. The van der Waals surface area contributed by atoms with Gasteiger partial charge in [0.05, 0.1) is 12.1 Å². The molecule has 1 amide bonds. The summed E-state index contributed by atoms with van der Waals surface area (Å²) in [6, 6.07) is 20.6. The Labute approximate surface area is 229 Å². The molecule has 0 bridgehead atoms. The van der Waals surface area contributed by atoms with E-state index in [1.807, 2.05) is 39.0 Å². The number of hydrogen-bond donors (Lipinski definition) is 2. The van der Waals surface area contributed by atoms with Crippen molar-refractivity contribution in [1.82, 2.24) is 14.9 Å². The average Bonchev–Trinajstić information content (AvgIpc) is 2.93. The van der Waals surface area contributed by atoms with Crippen LogP contribution >= 0.6 is 0 Å². The topological polar surface area (TPSA) is 88.6 Å². The molecule has 5 rings (SSSR count). The van der Waals surface area contributed by atoms with Crippen LogP contribution < -0.4 is 15.4 Å². The first-order valence-corrected chi connectivity index (χ1v) is 13.7. The van der Waals surface area contributed by atoms with Gasteiger partial charge in [-0.2, -0.15) is 0 Å². The van der Waals surface area contributed by atoms with E-state index in [0.29, 0.717) is 25.6 Å². The molecule has 2 heterocycles. The van der Waals surface area contributed by atoms with Gasteiger partial charge in [-0.3, -0.25) is 0 Å². The van der Waals surface area contributed by atoms with Crippen molar-refractivity contribution in [2.75, 3.05) is 43.4 Å². The van der Waals surface area contributed by atoms with E-state index in [0.717, 1.165) is 54.1 Å². The Kier molecular flexibility index (Phi) is 8.00. The molecule has 0 saturated carbocycles. The Hall–Kier alpha value is -4.07. The Bertz CT molecular complexity index is 1420. The number of nitrogens with one attached hydrogen (secondary N) is 2. The number of carbonyl (C=O) groups excluding carboxylic acids is 1. The maximum absolute atomic E-state index is 12.3. The lowest BCUT2D eigenvalue weighted by Gasteiger charge is -2.33. The van der Waals surface area contributed by atoms with Crippen molar-refractivity contribution in [3.05, 3.63) is 67.0 Å². The molecule has 0 atom stereocenters. The number of likely N-dealkylation sites (tertiary alicyclic amines) is 1. The summed E-state index contributed by atoms with van der Waals surface area (Å²) in [7, 11) is 0. The summed E-state index contributed by atoms with van der Waals surface area (Å²) in [5.74, 6) is 2.00. The number of hydrogen-bond acceptors (Lipinski definition) is 7. The second-order valence-corrected chi connectivity index (χ2v) is 11.0. The third-order valence-corrected chi connectivity index (χ3v) is 6.88. The lowest BCUT2D eigenvalue weighted by Crippen LogP contribution is -2.42. The van der Waals surface area contributed by atoms with E-state index >= 15 is 0 Å². The first-order chi connectivity index (χ1) is 18.9. The molecule has 1 aliphatic heterocycles. The normalized spacial score (nSPS) is 14.4. The van der Waals surface area contributed by atoms with Crippen molar-refractivity contribution < 1.29 is 14.3 Å². The minimum atomic E-state index is -0.472. The van der Waals surface area contributed by atoms with Gasteiger partial charge in [-0.25, -0.2) is 14.8 Å². The molecular formula is C31H37N5O3. The number of benzene rings is 3. The number of rotatable bonds is 8. The van der Waals surface area contributed by atoms with Gasteiger partial charge in [0.1, 0.15) is 23.5 Å². The molecule has 1 aliphatic rings. The summed E-state index contributed by atoms with van der Waals surface area (Å²) in [5.41, 5.74) is 1.49. The minimum Gasteiger partial charge on any atom is -0.493 e. The summed E-state index contributed by atoms with van der Waals surface area (Å²) >= 11 is 0. The molecule has 39 heavy (non-hydrogen) atoms. The second kappa shape index (κ2) is 11.8. The molecule has 1 saturated heterocycles. The minimum absolute atomic E-state index is 0.232. The zero-order valence-corrected chi connectivity index (χ0v) is 22.9. The molecule has 0 aliphatic carbocycles. The number of fused-ring (bicyclic) bond motifs is 2. The molecule has 8 nitrogen and oxygen atoms in total.